The first-order valence-electron chi connectivity index (χ1n) is 8.60. The predicted octanol–water partition coefficient (Wildman–Crippen LogP) is 3.13. The maximum Gasteiger partial charge on any atom is 0.286 e. The van der Waals surface area contributed by atoms with Gasteiger partial charge >= 0.3 is 0 Å². The molecule has 0 aliphatic carbocycles. The number of carbonyl (C=O) groups excluding carboxylic acids is 1. The van der Waals surface area contributed by atoms with Crippen molar-refractivity contribution in [3.8, 4) is 0 Å². The molecule has 9 heteroatoms. The summed E-state index contributed by atoms with van der Waals surface area (Å²) in [4.78, 5) is 15.5. The molecule has 0 aliphatic heterocycles. The second kappa shape index (κ2) is 8.12. The van der Waals surface area contributed by atoms with E-state index in [4.69, 9.17) is 17.3 Å². The van der Waals surface area contributed by atoms with Crippen LogP contribution in [-0.2, 0) is 22.9 Å². The third-order valence-electron chi connectivity index (χ3n) is 4.19. The average molecular weight is 419 g/mol. The number of aromatic nitrogens is 3. The SMILES string of the molecule is CC(=O)c1cccc(S(=O)(=O)n2nc(CCCc3ccc(Cl)cc3)nc2N)c1. The number of nitrogen functional groups attached to an aromatic ring is 1. The van der Waals surface area contributed by atoms with E-state index in [9.17, 15) is 13.2 Å². The zero-order valence-electron chi connectivity index (χ0n) is 15.2. The lowest BCUT2D eigenvalue weighted by Gasteiger charge is -2.06. The summed E-state index contributed by atoms with van der Waals surface area (Å²) in [7, 11) is -4.04. The molecular weight excluding hydrogens is 400 g/mol. The molecule has 3 rings (SSSR count). The summed E-state index contributed by atoms with van der Waals surface area (Å²) >= 11 is 5.87. The molecule has 0 unspecified atom stereocenters. The van der Waals surface area contributed by atoms with Crippen molar-refractivity contribution >= 4 is 33.4 Å². The quantitative estimate of drug-likeness (QED) is 0.590. The lowest BCUT2D eigenvalue weighted by molar-refractivity contribution is 0.101. The summed E-state index contributed by atoms with van der Waals surface area (Å²) in [5.41, 5.74) is 7.20. The molecule has 2 aromatic carbocycles. The summed E-state index contributed by atoms with van der Waals surface area (Å²) < 4.78 is 26.4. The summed E-state index contributed by atoms with van der Waals surface area (Å²) in [6.07, 6.45) is 1.98. The molecule has 0 spiro atoms. The van der Waals surface area contributed by atoms with Crippen molar-refractivity contribution < 1.29 is 13.2 Å². The molecule has 0 aliphatic rings. The number of hydrogen-bond acceptors (Lipinski definition) is 6. The molecule has 7 nitrogen and oxygen atoms in total. The molecule has 0 fully saturated rings. The summed E-state index contributed by atoms with van der Waals surface area (Å²) in [5.74, 6) is -0.0982. The monoisotopic (exact) mass is 418 g/mol. The van der Waals surface area contributed by atoms with E-state index in [0.717, 1.165) is 18.4 Å². The first-order valence-corrected chi connectivity index (χ1v) is 10.4. The fraction of sp³-hybridized carbons (Fsp3) is 0.211. The van der Waals surface area contributed by atoms with Gasteiger partial charge in [0.05, 0.1) is 4.90 Å². The zero-order valence-corrected chi connectivity index (χ0v) is 16.7. The number of ketones is 1. The van der Waals surface area contributed by atoms with Gasteiger partial charge in [-0.05, 0) is 49.6 Å². The Labute approximate surface area is 168 Å². The van der Waals surface area contributed by atoms with Gasteiger partial charge in [-0.3, -0.25) is 4.79 Å². The highest BCUT2D eigenvalue weighted by atomic mass is 35.5. The van der Waals surface area contributed by atoms with Crippen molar-refractivity contribution in [1.29, 1.82) is 0 Å². The molecule has 0 bridgehead atoms. The van der Waals surface area contributed by atoms with Crippen LogP contribution < -0.4 is 5.73 Å². The Balaban J connectivity index is 1.76. The first kappa shape index (κ1) is 20.0. The van der Waals surface area contributed by atoms with Gasteiger partial charge in [0.25, 0.3) is 10.0 Å². The Morgan fingerprint density at radius 3 is 2.54 bits per heavy atom. The third kappa shape index (κ3) is 4.40. The molecule has 3 aromatic rings. The fourth-order valence-electron chi connectivity index (χ4n) is 2.71. The summed E-state index contributed by atoms with van der Waals surface area (Å²) in [6.45, 7) is 1.37. The molecule has 0 atom stereocenters. The average Bonchev–Trinajstić information content (AvgIpc) is 3.05. The topological polar surface area (TPSA) is 108 Å². The lowest BCUT2D eigenvalue weighted by atomic mass is 10.1. The largest absolute Gasteiger partial charge is 0.367 e. The van der Waals surface area contributed by atoms with Crippen LogP contribution in [0.25, 0.3) is 0 Å². The third-order valence-corrected chi connectivity index (χ3v) is 6.02. The Morgan fingerprint density at radius 2 is 1.86 bits per heavy atom. The number of rotatable bonds is 7. The number of nitrogens with two attached hydrogens (primary N) is 1. The number of Topliss-reactive ketones (excluding diaryl/α,β-unsaturated/α-hetero) is 1. The Hall–Kier alpha value is -2.71. The predicted molar refractivity (Wildman–Crippen MR) is 107 cm³/mol. The van der Waals surface area contributed by atoms with Crippen LogP contribution >= 0.6 is 11.6 Å². The van der Waals surface area contributed by atoms with Crippen LogP contribution in [0.1, 0.15) is 35.1 Å². The number of carbonyl (C=O) groups is 1. The van der Waals surface area contributed by atoms with E-state index in [1.165, 1.54) is 25.1 Å². The van der Waals surface area contributed by atoms with Crippen LogP contribution in [-0.4, -0.2) is 28.4 Å². The highest BCUT2D eigenvalue weighted by Crippen LogP contribution is 2.18. The molecule has 1 heterocycles. The second-order valence-corrected chi connectivity index (χ2v) is 8.50. The van der Waals surface area contributed by atoms with E-state index < -0.39 is 10.0 Å². The van der Waals surface area contributed by atoms with Crippen molar-refractivity contribution in [1.82, 2.24) is 14.2 Å². The van der Waals surface area contributed by atoms with E-state index in [2.05, 4.69) is 10.1 Å². The van der Waals surface area contributed by atoms with Gasteiger partial charge in [-0.25, -0.2) is 0 Å². The van der Waals surface area contributed by atoms with Crippen LogP contribution in [0.5, 0.6) is 0 Å². The van der Waals surface area contributed by atoms with Crippen molar-refractivity contribution in [3.63, 3.8) is 0 Å². The van der Waals surface area contributed by atoms with Gasteiger partial charge in [0.15, 0.2) is 11.6 Å². The van der Waals surface area contributed by atoms with Gasteiger partial charge in [0.2, 0.25) is 5.95 Å². The zero-order chi connectivity index (χ0) is 20.3. The number of hydrogen-bond donors (Lipinski definition) is 1. The highest BCUT2D eigenvalue weighted by molar-refractivity contribution is 7.90. The van der Waals surface area contributed by atoms with Gasteiger partial charge < -0.3 is 5.73 Å². The number of nitrogens with zero attached hydrogens (tertiary/aromatic N) is 3. The number of benzene rings is 2. The van der Waals surface area contributed by atoms with Gasteiger partial charge in [0.1, 0.15) is 0 Å². The highest BCUT2D eigenvalue weighted by Gasteiger charge is 2.23. The fourth-order valence-corrected chi connectivity index (χ4v) is 4.05. The van der Waals surface area contributed by atoms with Crippen molar-refractivity contribution in [3.05, 3.63) is 70.5 Å². The number of halogens is 1. The Bertz CT molecular complexity index is 1110. The van der Waals surface area contributed by atoms with Crippen molar-refractivity contribution in [2.45, 2.75) is 31.1 Å². The van der Waals surface area contributed by atoms with Gasteiger partial charge in [0, 0.05) is 17.0 Å². The molecule has 146 valence electrons. The van der Waals surface area contributed by atoms with E-state index in [0.29, 0.717) is 26.9 Å². The van der Waals surface area contributed by atoms with E-state index in [1.54, 1.807) is 6.07 Å². The summed E-state index contributed by atoms with van der Waals surface area (Å²) in [5, 5.41) is 4.74. The minimum absolute atomic E-state index is 0.0653. The van der Waals surface area contributed by atoms with Gasteiger partial charge in [-0.1, -0.05) is 35.9 Å². The van der Waals surface area contributed by atoms with Crippen molar-refractivity contribution in [2.75, 3.05) is 5.73 Å². The molecule has 28 heavy (non-hydrogen) atoms. The van der Waals surface area contributed by atoms with E-state index in [-0.39, 0.29) is 16.6 Å². The van der Waals surface area contributed by atoms with Crippen LogP contribution in [0.4, 0.5) is 5.95 Å². The Kier molecular flexibility index (Phi) is 5.81. The van der Waals surface area contributed by atoms with Gasteiger partial charge in [-0.2, -0.15) is 13.4 Å². The minimum atomic E-state index is -4.04. The maximum atomic E-state index is 12.8. The molecule has 2 N–H and O–H groups in total. The van der Waals surface area contributed by atoms with Crippen LogP contribution in [0.2, 0.25) is 5.02 Å². The summed E-state index contributed by atoms with van der Waals surface area (Å²) in [6, 6.07) is 13.3. The molecule has 0 amide bonds. The van der Waals surface area contributed by atoms with E-state index >= 15 is 0 Å². The number of aryl methyl sites for hydroxylation is 2. The first-order chi connectivity index (χ1) is 13.3. The molecule has 0 saturated carbocycles. The number of anilines is 1. The van der Waals surface area contributed by atoms with Crippen LogP contribution in [0, 0.1) is 0 Å². The molecule has 0 saturated heterocycles. The Morgan fingerprint density at radius 1 is 1.14 bits per heavy atom. The van der Waals surface area contributed by atoms with Crippen LogP contribution in [0.3, 0.4) is 0 Å². The lowest BCUT2D eigenvalue weighted by Crippen LogP contribution is -2.17. The molecule has 0 radical (unpaired) electrons. The minimum Gasteiger partial charge on any atom is -0.367 e. The van der Waals surface area contributed by atoms with Gasteiger partial charge in [-0.15, -0.1) is 9.19 Å². The standard InChI is InChI=1S/C19H19ClN4O3S/c1-13(25)15-5-3-6-17(12-15)28(26,27)24-19(21)22-18(23-24)7-2-4-14-8-10-16(20)11-9-14/h3,5-6,8-12H,2,4,7H2,1H3,(H2,21,22,23). The van der Waals surface area contributed by atoms with Crippen LogP contribution in [0.15, 0.2) is 53.4 Å². The smallest absolute Gasteiger partial charge is 0.286 e. The second-order valence-electron chi connectivity index (χ2n) is 6.30. The van der Waals surface area contributed by atoms with Crippen molar-refractivity contribution in [2.24, 2.45) is 0 Å². The van der Waals surface area contributed by atoms with E-state index in [1.807, 2.05) is 24.3 Å². The molecule has 1 aromatic heterocycles. The maximum absolute atomic E-state index is 12.8. The molecular formula is C19H19ClN4O3S. The normalized spacial score (nSPS) is 11.5.